The molecule has 0 amide bonds. The molecule has 0 aromatic heterocycles. The standard InChI is InChI=1S/C18H17Cl3F4N2/c19-13-5-11(6-14(20)16(13)21)17(18(23,24)25)3-4-27(9-17)12-2-1-10(8-26)15(22)7-12/h1-2,5-7,10,15H,3-4,8-9,26H2. The van der Waals surface area contributed by atoms with E-state index < -0.39 is 23.7 Å². The molecule has 3 rings (SSSR count). The second-order valence-corrected chi connectivity index (χ2v) is 7.99. The molecular weight excluding hydrogens is 427 g/mol. The molecule has 2 N–H and O–H groups in total. The molecule has 1 aliphatic carbocycles. The third kappa shape index (κ3) is 3.69. The van der Waals surface area contributed by atoms with Crippen LogP contribution in [0.4, 0.5) is 17.6 Å². The van der Waals surface area contributed by atoms with Gasteiger partial charge in [0, 0.05) is 31.2 Å². The van der Waals surface area contributed by atoms with Crippen molar-refractivity contribution in [3.63, 3.8) is 0 Å². The highest BCUT2D eigenvalue weighted by Gasteiger charge is 2.59. The van der Waals surface area contributed by atoms with Gasteiger partial charge in [-0.2, -0.15) is 13.2 Å². The van der Waals surface area contributed by atoms with Crippen molar-refractivity contribution >= 4 is 34.8 Å². The molecule has 1 aromatic rings. The predicted octanol–water partition coefficient (Wildman–Crippen LogP) is 5.52. The SMILES string of the molecule is NCC1C=CC(N2CCC(c3cc(Cl)c(Cl)c(Cl)c3)(C(F)(F)F)C2)=CC1F. The quantitative estimate of drug-likeness (QED) is 0.492. The van der Waals surface area contributed by atoms with Gasteiger partial charge in [0.25, 0.3) is 0 Å². The number of hydrogen-bond donors (Lipinski definition) is 1. The van der Waals surface area contributed by atoms with E-state index in [1.54, 1.807) is 12.2 Å². The second kappa shape index (κ2) is 7.47. The van der Waals surface area contributed by atoms with E-state index in [1.807, 2.05) is 0 Å². The number of allylic oxidation sites excluding steroid dienone is 2. The monoisotopic (exact) mass is 442 g/mol. The van der Waals surface area contributed by atoms with Gasteiger partial charge >= 0.3 is 6.18 Å². The van der Waals surface area contributed by atoms with Crippen LogP contribution in [0.3, 0.4) is 0 Å². The van der Waals surface area contributed by atoms with Crippen molar-refractivity contribution in [3.05, 3.63) is 56.7 Å². The molecule has 1 heterocycles. The first-order chi connectivity index (χ1) is 12.6. The Hall–Kier alpha value is -0.950. The summed E-state index contributed by atoms with van der Waals surface area (Å²) in [6.45, 7) is -0.107. The summed E-state index contributed by atoms with van der Waals surface area (Å²) in [5.74, 6) is -0.461. The summed E-state index contributed by atoms with van der Waals surface area (Å²) >= 11 is 17.8. The molecule has 0 radical (unpaired) electrons. The van der Waals surface area contributed by atoms with Crippen molar-refractivity contribution in [2.24, 2.45) is 11.7 Å². The Kier molecular flexibility index (Phi) is 5.75. The first-order valence-electron chi connectivity index (χ1n) is 8.30. The van der Waals surface area contributed by atoms with E-state index in [9.17, 15) is 17.6 Å². The van der Waals surface area contributed by atoms with E-state index in [-0.39, 0.29) is 46.7 Å². The molecule has 3 atom stereocenters. The first-order valence-corrected chi connectivity index (χ1v) is 9.43. The van der Waals surface area contributed by atoms with Crippen LogP contribution in [-0.2, 0) is 5.41 Å². The molecular formula is C18H17Cl3F4N2. The highest BCUT2D eigenvalue weighted by atomic mass is 35.5. The highest BCUT2D eigenvalue weighted by molar-refractivity contribution is 6.48. The fourth-order valence-corrected chi connectivity index (χ4v) is 4.18. The number of benzene rings is 1. The number of likely N-dealkylation sites (tertiary alicyclic amines) is 1. The topological polar surface area (TPSA) is 29.3 Å². The van der Waals surface area contributed by atoms with Gasteiger partial charge in [-0.05, 0) is 36.3 Å². The van der Waals surface area contributed by atoms with Gasteiger partial charge in [-0.3, -0.25) is 0 Å². The Morgan fingerprint density at radius 3 is 2.33 bits per heavy atom. The summed E-state index contributed by atoms with van der Waals surface area (Å²) in [6, 6.07) is 2.42. The lowest BCUT2D eigenvalue weighted by atomic mass is 9.79. The van der Waals surface area contributed by atoms with Crippen LogP contribution in [0.1, 0.15) is 12.0 Å². The molecule has 3 unspecified atom stereocenters. The van der Waals surface area contributed by atoms with Crippen molar-refractivity contribution in [1.29, 1.82) is 0 Å². The summed E-state index contributed by atoms with van der Waals surface area (Å²) < 4.78 is 56.5. The minimum Gasteiger partial charge on any atom is -0.370 e. The maximum Gasteiger partial charge on any atom is 0.400 e. The van der Waals surface area contributed by atoms with Crippen molar-refractivity contribution in [3.8, 4) is 0 Å². The third-order valence-electron chi connectivity index (χ3n) is 5.24. The third-order valence-corrected chi connectivity index (χ3v) is 6.44. The lowest BCUT2D eigenvalue weighted by Gasteiger charge is -2.34. The maximum atomic E-state index is 14.1. The van der Waals surface area contributed by atoms with Crippen LogP contribution in [0.2, 0.25) is 15.1 Å². The highest BCUT2D eigenvalue weighted by Crippen LogP contribution is 2.50. The molecule has 0 spiro atoms. The molecule has 148 valence electrons. The Balaban J connectivity index is 1.97. The average molecular weight is 444 g/mol. The van der Waals surface area contributed by atoms with Gasteiger partial charge in [0.05, 0.1) is 15.1 Å². The largest absolute Gasteiger partial charge is 0.400 e. The Bertz CT molecular complexity index is 770. The van der Waals surface area contributed by atoms with E-state index in [2.05, 4.69) is 0 Å². The minimum absolute atomic E-state index is 0.0141. The fourth-order valence-electron chi connectivity index (χ4n) is 3.58. The number of nitrogens with two attached hydrogens (primary N) is 1. The van der Waals surface area contributed by atoms with Gasteiger partial charge in [0.15, 0.2) is 0 Å². The Morgan fingerprint density at radius 1 is 1.19 bits per heavy atom. The van der Waals surface area contributed by atoms with Crippen LogP contribution in [-0.4, -0.2) is 36.9 Å². The fraction of sp³-hybridized carbons (Fsp3) is 0.444. The van der Waals surface area contributed by atoms with Crippen molar-refractivity contribution in [2.75, 3.05) is 19.6 Å². The van der Waals surface area contributed by atoms with Gasteiger partial charge in [-0.15, -0.1) is 0 Å². The summed E-state index contributed by atoms with van der Waals surface area (Å²) in [6.07, 6.45) is -1.52. The Labute approximate surface area is 169 Å². The lowest BCUT2D eigenvalue weighted by Crippen LogP contribution is -2.44. The summed E-state index contributed by atoms with van der Waals surface area (Å²) in [5.41, 5.74) is 3.69. The van der Waals surface area contributed by atoms with Crippen LogP contribution in [0, 0.1) is 5.92 Å². The molecule has 1 fully saturated rings. The van der Waals surface area contributed by atoms with E-state index in [4.69, 9.17) is 40.5 Å². The summed E-state index contributed by atoms with van der Waals surface area (Å²) in [5, 5.41) is -0.0551. The van der Waals surface area contributed by atoms with Crippen LogP contribution in [0.25, 0.3) is 0 Å². The second-order valence-electron chi connectivity index (χ2n) is 6.80. The first kappa shape index (κ1) is 20.8. The van der Waals surface area contributed by atoms with E-state index in [0.717, 1.165) is 0 Å². The van der Waals surface area contributed by atoms with Crippen molar-refractivity contribution in [2.45, 2.75) is 24.2 Å². The molecule has 1 aliphatic heterocycles. The molecule has 9 heteroatoms. The van der Waals surface area contributed by atoms with E-state index in [0.29, 0.717) is 5.70 Å². The predicted molar refractivity (Wildman–Crippen MR) is 100 cm³/mol. The number of hydrogen-bond acceptors (Lipinski definition) is 2. The van der Waals surface area contributed by atoms with Crippen molar-refractivity contribution in [1.82, 2.24) is 4.90 Å². The Morgan fingerprint density at radius 2 is 1.81 bits per heavy atom. The number of halogens is 7. The zero-order valence-electron chi connectivity index (χ0n) is 14.0. The average Bonchev–Trinajstić information content (AvgIpc) is 3.06. The lowest BCUT2D eigenvalue weighted by molar-refractivity contribution is -0.186. The molecule has 2 aliphatic rings. The van der Waals surface area contributed by atoms with Crippen molar-refractivity contribution < 1.29 is 17.6 Å². The molecule has 1 saturated heterocycles. The van der Waals surface area contributed by atoms with Gasteiger partial charge in [-0.25, -0.2) is 4.39 Å². The summed E-state index contributed by atoms with van der Waals surface area (Å²) in [7, 11) is 0. The van der Waals surface area contributed by atoms with Gasteiger partial charge in [-0.1, -0.05) is 40.9 Å². The zero-order valence-corrected chi connectivity index (χ0v) is 16.3. The smallest absolute Gasteiger partial charge is 0.370 e. The maximum absolute atomic E-state index is 14.1. The van der Waals surface area contributed by atoms with Gasteiger partial charge in [0.2, 0.25) is 0 Å². The van der Waals surface area contributed by atoms with Gasteiger partial charge in [0.1, 0.15) is 11.6 Å². The van der Waals surface area contributed by atoms with Crippen LogP contribution >= 0.6 is 34.8 Å². The molecule has 27 heavy (non-hydrogen) atoms. The minimum atomic E-state index is -4.55. The van der Waals surface area contributed by atoms with E-state index >= 15 is 0 Å². The van der Waals surface area contributed by atoms with Crippen LogP contribution < -0.4 is 5.73 Å². The number of alkyl halides is 4. The number of nitrogens with zero attached hydrogens (tertiary/aromatic N) is 1. The van der Waals surface area contributed by atoms with E-state index in [1.165, 1.54) is 23.1 Å². The molecule has 1 aromatic carbocycles. The molecule has 2 nitrogen and oxygen atoms in total. The normalized spacial score (nSPS) is 28.6. The van der Waals surface area contributed by atoms with Crippen LogP contribution in [0.15, 0.2) is 36.1 Å². The van der Waals surface area contributed by atoms with Gasteiger partial charge < -0.3 is 10.6 Å². The van der Waals surface area contributed by atoms with Crippen LogP contribution in [0.5, 0.6) is 0 Å². The zero-order chi connectivity index (χ0) is 20.0. The molecule has 0 saturated carbocycles. The molecule has 0 bridgehead atoms. The number of rotatable bonds is 3. The summed E-state index contributed by atoms with van der Waals surface area (Å²) in [4.78, 5) is 1.53.